The number of halogens is 3. The topological polar surface area (TPSA) is 46.5 Å². The maximum absolute atomic E-state index is 12.0. The average Bonchev–Trinajstić information content (AvgIpc) is 2.03. The Labute approximate surface area is 90.7 Å². The molecule has 0 saturated heterocycles. The van der Waals surface area contributed by atoms with E-state index in [4.69, 9.17) is 4.55 Å². The van der Waals surface area contributed by atoms with Gasteiger partial charge in [-0.1, -0.05) is 18.2 Å². The van der Waals surface area contributed by atoms with Crippen LogP contribution in [0.4, 0.5) is 13.2 Å². The molecule has 7 heteroatoms. The summed E-state index contributed by atoms with van der Waals surface area (Å²) in [5.74, 6) is -0.501. The minimum Gasteiger partial charge on any atom is -0.405 e. The Morgan fingerprint density at radius 2 is 1.94 bits per heavy atom. The maximum atomic E-state index is 12.0. The van der Waals surface area contributed by atoms with Gasteiger partial charge >= 0.3 is 6.36 Å². The van der Waals surface area contributed by atoms with Crippen LogP contribution in [0.1, 0.15) is 5.56 Å². The molecule has 3 nitrogen and oxygen atoms in total. The molecule has 90 valence electrons. The Morgan fingerprint density at radius 3 is 2.44 bits per heavy atom. The van der Waals surface area contributed by atoms with Crippen LogP contribution >= 0.6 is 0 Å². The second kappa shape index (κ2) is 4.34. The minimum absolute atomic E-state index is 0.0742. The lowest BCUT2D eigenvalue weighted by atomic mass is 10.2. The summed E-state index contributed by atoms with van der Waals surface area (Å²) in [5, 5.41) is 0.827. The molecule has 0 bridgehead atoms. The summed E-state index contributed by atoms with van der Waals surface area (Å²) >= 11 is 0. The van der Waals surface area contributed by atoms with E-state index in [1.54, 1.807) is 0 Å². The maximum Gasteiger partial charge on any atom is 0.573 e. The van der Waals surface area contributed by atoms with E-state index in [1.165, 1.54) is 18.2 Å². The van der Waals surface area contributed by atoms with Gasteiger partial charge in [0, 0.05) is 17.2 Å². The summed E-state index contributed by atoms with van der Waals surface area (Å²) in [5.41, 5.74) is -0.0742. The van der Waals surface area contributed by atoms with E-state index in [9.17, 15) is 17.4 Å². The van der Waals surface area contributed by atoms with Crippen molar-refractivity contribution < 1.29 is 26.7 Å². The van der Waals surface area contributed by atoms with Gasteiger partial charge in [-0.2, -0.15) is 0 Å². The Balaban J connectivity index is 3.17. The first-order chi connectivity index (χ1) is 7.17. The van der Waals surface area contributed by atoms with Crippen LogP contribution in [0, 0.1) is 0 Å². The molecule has 0 saturated carbocycles. The first-order valence-corrected chi connectivity index (χ1v) is 6.07. The zero-order chi connectivity index (χ0) is 12.4. The van der Waals surface area contributed by atoms with E-state index in [1.807, 2.05) is 0 Å². The van der Waals surface area contributed by atoms with Gasteiger partial charge < -0.3 is 9.29 Å². The second-order valence-electron chi connectivity index (χ2n) is 3.06. The number of alkyl halides is 3. The molecule has 1 unspecified atom stereocenters. The third kappa shape index (κ3) is 4.54. The molecular formula is C9H9F3O3S. The van der Waals surface area contributed by atoms with Gasteiger partial charge in [-0.15, -0.1) is 13.2 Å². The fraction of sp³-hybridized carbons (Fsp3) is 0.222. The van der Waals surface area contributed by atoms with Crippen molar-refractivity contribution in [3.05, 3.63) is 29.8 Å². The van der Waals surface area contributed by atoms with Gasteiger partial charge in [0.05, 0.1) is 9.80 Å². The van der Waals surface area contributed by atoms with Crippen LogP contribution < -0.4 is 4.74 Å². The van der Waals surface area contributed by atoms with E-state index >= 15 is 0 Å². The molecule has 0 spiro atoms. The first kappa shape index (κ1) is 12.9. The highest BCUT2D eigenvalue weighted by Crippen LogP contribution is 2.25. The largest absolute Gasteiger partial charge is 0.573 e. The van der Waals surface area contributed by atoms with Crippen molar-refractivity contribution in [3.8, 4) is 5.75 Å². The number of hydrogen-bond acceptors (Lipinski definition) is 2. The Kier molecular flexibility index (Phi) is 3.49. The average molecular weight is 254 g/mol. The third-order valence-electron chi connectivity index (χ3n) is 1.49. The molecule has 0 aromatic heterocycles. The van der Waals surface area contributed by atoms with Crippen LogP contribution in [0.5, 0.6) is 5.75 Å². The first-order valence-electron chi connectivity index (χ1n) is 4.08. The van der Waals surface area contributed by atoms with Gasteiger partial charge in [-0.3, -0.25) is 0 Å². The van der Waals surface area contributed by atoms with Crippen molar-refractivity contribution in [3.63, 3.8) is 0 Å². The van der Waals surface area contributed by atoms with Crippen LogP contribution in [0.3, 0.4) is 0 Å². The highest BCUT2D eigenvalue weighted by molar-refractivity contribution is 7.95. The number of ether oxygens (including phenoxy) is 1. The fourth-order valence-corrected chi connectivity index (χ4v) is 1.70. The van der Waals surface area contributed by atoms with Crippen LogP contribution in [0.2, 0.25) is 0 Å². The minimum atomic E-state index is -4.83. The van der Waals surface area contributed by atoms with Crippen molar-refractivity contribution in [2.45, 2.75) is 6.36 Å². The summed E-state index contributed by atoms with van der Waals surface area (Å²) in [6.07, 6.45) is -3.83. The molecule has 1 N–H and O–H groups in total. The quantitative estimate of drug-likeness (QED) is 0.822. The highest BCUT2D eigenvalue weighted by Gasteiger charge is 2.31. The van der Waals surface area contributed by atoms with E-state index in [0.29, 0.717) is 0 Å². The number of benzene rings is 1. The van der Waals surface area contributed by atoms with Gasteiger partial charge in [0.1, 0.15) is 5.75 Å². The molecule has 1 aromatic rings. The third-order valence-corrected chi connectivity index (χ3v) is 2.18. The van der Waals surface area contributed by atoms with Crippen molar-refractivity contribution >= 4 is 15.2 Å². The van der Waals surface area contributed by atoms with E-state index in [-0.39, 0.29) is 5.56 Å². The smallest absolute Gasteiger partial charge is 0.405 e. The Bertz CT molecular complexity index is 479. The van der Waals surface area contributed by atoms with E-state index < -0.39 is 21.9 Å². The van der Waals surface area contributed by atoms with E-state index in [2.05, 4.69) is 4.74 Å². The number of rotatable bonds is 2. The standard InChI is InChI=1S/C9H9F3O3S/c1-16(13,14)6-7-4-2-3-5-8(7)15-9(10,11)12/h2-6H,1H3,(H,13,14). The van der Waals surface area contributed by atoms with Gasteiger partial charge in [0.2, 0.25) is 0 Å². The van der Waals surface area contributed by atoms with Crippen LogP contribution in [-0.4, -0.2) is 26.7 Å². The number of para-hydroxylation sites is 1. The Hall–Kier alpha value is -1.21. The van der Waals surface area contributed by atoms with Crippen molar-refractivity contribution in [1.82, 2.24) is 0 Å². The summed E-state index contributed by atoms with van der Waals surface area (Å²) in [4.78, 5) is 0. The molecule has 0 aliphatic rings. The predicted octanol–water partition coefficient (Wildman–Crippen LogP) is 2.12. The summed E-state index contributed by atoms with van der Waals surface area (Å²) in [7, 11) is -3.28. The summed E-state index contributed by atoms with van der Waals surface area (Å²) < 4.78 is 59.7. The predicted molar refractivity (Wildman–Crippen MR) is 55.0 cm³/mol. The zero-order valence-electron chi connectivity index (χ0n) is 8.19. The second-order valence-corrected chi connectivity index (χ2v) is 5.02. The molecule has 1 atom stereocenters. The molecular weight excluding hydrogens is 245 g/mol. The normalized spacial score (nSPS) is 15.3. The molecule has 0 heterocycles. The van der Waals surface area contributed by atoms with Gasteiger partial charge in [0.25, 0.3) is 0 Å². The van der Waals surface area contributed by atoms with E-state index in [0.717, 1.165) is 17.7 Å². The van der Waals surface area contributed by atoms with Crippen molar-refractivity contribution in [2.75, 3.05) is 6.26 Å². The molecule has 1 rings (SSSR count). The highest BCUT2D eigenvalue weighted by atomic mass is 32.2. The van der Waals surface area contributed by atoms with Crippen LogP contribution in [-0.2, 0) is 9.80 Å². The SMILES string of the molecule is CS(=O)(O)=Cc1ccccc1OC(F)(F)F. The lowest BCUT2D eigenvalue weighted by Gasteiger charge is -2.11. The summed E-state index contributed by atoms with van der Waals surface area (Å²) in [6, 6.07) is 5.12. The lowest BCUT2D eigenvalue weighted by Crippen LogP contribution is -2.18. The fourth-order valence-electron chi connectivity index (χ4n) is 1.03. The molecule has 0 aliphatic carbocycles. The summed E-state index contributed by atoms with van der Waals surface area (Å²) in [6.45, 7) is 0. The number of hydrogen-bond donors (Lipinski definition) is 1. The van der Waals surface area contributed by atoms with Crippen LogP contribution in [0.15, 0.2) is 24.3 Å². The van der Waals surface area contributed by atoms with Gasteiger partial charge in [-0.05, 0) is 6.07 Å². The van der Waals surface area contributed by atoms with Crippen molar-refractivity contribution in [2.24, 2.45) is 0 Å². The van der Waals surface area contributed by atoms with Crippen LogP contribution in [0.25, 0.3) is 0 Å². The Morgan fingerprint density at radius 1 is 1.38 bits per heavy atom. The van der Waals surface area contributed by atoms with Gasteiger partial charge in [-0.25, -0.2) is 4.21 Å². The molecule has 0 fully saturated rings. The van der Waals surface area contributed by atoms with Crippen molar-refractivity contribution in [1.29, 1.82) is 0 Å². The van der Waals surface area contributed by atoms with Gasteiger partial charge in [0.15, 0.2) is 0 Å². The molecule has 0 amide bonds. The monoisotopic (exact) mass is 254 g/mol. The molecule has 0 aliphatic heterocycles. The zero-order valence-corrected chi connectivity index (χ0v) is 9.01. The molecule has 0 radical (unpaired) electrons. The lowest BCUT2D eigenvalue weighted by molar-refractivity contribution is -0.274. The molecule has 16 heavy (non-hydrogen) atoms. The molecule has 1 aromatic carbocycles.